The van der Waals surface area contributed by atoms with Crippen molar-refractivity contribution in [2.45, 2.75) is 13.1 Å². The highest BCUT2D eigenvalue weighted by molar-refractivity contribution is 7.09. The molecule has 0 bridgehead atoms. The fourth-order valence-corrected chi connectivity index (χ4v) is 3.37. The summed E-state index contributed by atoms with van der Waals surface area (Å²) < 4.78 is 1.82. The second-order valence-corrected chi connectivity index (χ2v) is 6.40. The molecule has 8 heteroatoms. The third-order valence-corrected chi connectivity index (χ3v) is 4.70. The van der Waals surface area contributed by atoms with Crippen LogP contribution in [0.3, 0.4) is 0 Å². The van der Waals surface area contributed by atoms with Gasteiger partial charge < -0.3 is 0 Å². The number of hydrogen-bond donors (Lipinski definition) is 0. The molecule has 0 aliphatic carbocycles. The van der Waals surface area contributed by atoms with E-state index in [2.05, 4.69) is 30.1 Å². The molecule has 0 atom stereocenters. The largest absolute Gasteiger partial charge is 0.296 e. The summed E-state index contributed by atoms with van der Waals surface area (Å²) >= 11 is 1.73. The molecule has 4 heterocycles. The number of rotatable bonds is 4. The van der Waals surface area contributed by atoms with Crippen molar-refractivity contribution in [3.63, 3.8) is 0 Å². The third-order valence-electron chi connectivity index (χ3n) is 3.94. The Morgan fingerprint density at radius 2 is 1.86 bits per heavy atom. The number of aromatic nitrogens is 5. The zero-order valence-corrected chi connectivity index (χ0v) is 13.0. The minimum absolute atomic E-state index is 0.798. The molecule has 22 heavy (non-hydrogen) atoms. The van der Waals surface area contributed by atoms with E-state index < -0.39 is 0 Å². The molecule has 3 aromatic rings. The van der Waals surface area contributed by atoms with Crippen LogP contribution in [-0.2, 0) is 13.1 Å². The van der Waals surface area contributed by atoms with Crippen molar-refractivity contribution in [2.24, 2.45) is 0 Å². The van der Waals surface area contributed by atoms with E-state index in [0.29, 0.717) is 0 Å². The average Bonchev–Trinajstić information content (AvgIpc) is 3.20. The van der Waals surface area contributed by atoms with Crippen LogP contribution in [0.2, 0.25) is 0 Å². The van der Waals surface area contributed by atoms with E-state index in [0.717, 1.165) is 50.7 Å². The van der Waals surface area contributed by atoms with Gasteiger partial charge in [-0.1, -0.05) is 0 Å². The van der Waals surface area contributed by atoms with Gasteiger partial charge in [0, 0.05) is 50.0 Å². The van der Waals surface area contributed by atoms with Gasteiger partial charge in [-0.25, -0.2) is 0 Å². The number of thiazole rings is 1. The van der Waals surface area contributed by atoms with Crippen LogP contribution in [0.15, 0.2) is 30.0 Å². The van der Waals surface area contributed by atoms with Gasteiger partial charge in [-0.15, -0.1) is 21.5 Å². The molecular weight excluding hydrogens is 298 g/mol. The summed E-state index contributed by atoms with van der Waals surface area (Å²) in [5.74, 6) is 0.909. The first-order chi connectivity index (χ1) is 10.9. The summed E-state index contributed by atoms with van der Waals surface area (Å²) in [5, 5.41) is 12.7. The maximum Gasteiger partial charge on any atom is 0.177 e. The summed E-state index contributed by atoms with van der Waals surface area (Å²) in [5.41, 5.74) is 2.70. The van der Waals surface area contributed by atoms with Crippen LogP contribution >= 0.6 is 11.3 Å². The van der Waals surface area contributed by atoms with E-state index in [4.69, 9.17) is 0 Å². The van der Waals surface area contributed by atoms with Crippen LogP contribution in [-0.4, -0.2) is 60.8 Å². The Bertz CT molecular complexity index is 731. The second kappa shape index (κ2) is 6.07. The molecule has 0 radical (unpaired) electrons. The molecule has 7 nitrogen and oxygen atoms in total. The van der Waals surface area contributed by atoms with Gasteiger partial charge in [-0.05, 0) is 12.1 Å². The summed E-state index contributed by atoms with van der Waals surface area (Å²) in [6.45, 7) is 6.03. The molecule has 1 aliphatic heterocycles. The van der Waals surface area contributed by atoms with Gasteiger partial charge in [0.25, 0.3) is 0 Å². The van der Waals surface area contributed by atoms with Crippen molar-refractivity contribution in [3.8, 4) is 0 Å². The minimum Gasteiger partial charge on any atom is -0.296 e. The van der Waals surface area contributed by atoms with E-state index >= 15 is 0 Å². The van der Waals surface area contributed by atoms with Crippen LogP contribution in [0, 0.1) is 0 Å². The maximum atomic E-state index is 4.32. The predicted octanol–water partition coefficient (Wildman–Crippen LogP) is 0.899. The van der Waals surface area contributed by atoms with E-state index in [1.165, 1.54) is 4.88 Å². The van der Waals surface area contributed by atoms with Gasteiger partial charge in [0.15, 0.2) is 11.5 Å². The van der Waals surface area contributed by atoms with E-state index in [1.807, 2.05) is 28.4 Å². The summed E-state index contributed by atoms with van der Waals surface area (Å²) in [6, 6.07) is 3.81. The summed E-state index contributed by atoms with van der Waals surface area (Å²) in [6.07, 6.45) is 3.73. The second-order valence-electron chi connectivity index (χ2n) is 5.43. The quantitative estimate of drug-likeness (QED) is 0.713. The van der Waals surface area contributed by atoms with E-state index in [-0.39, 0.29) is 0 Å². The topological polar surface area (TPSA) is 62.5 Å². The Kier molecular flexibility index (Phi) is 3.79. The molecule has 1 saturated heterocycles. The fraction of sp³-hybridized carbons (Fsp3) is 0.429. The summed E-state index contributed by atoms with van der Waals surface area (Å²) in [4.78, 5) is 10.4. The molecule has 0 aromatic carbocycles. The van der Waals surface area contributed by atoms with E-state index in [1.54, 1.807) is 17.5 Å². The molecule has 4 rings (SSSR count). The molecule has 0 saturated carbocycles. The summed E-state index contributed by atoms with van der Waals surface area (Å²) in [7, 11) is 0. The first kappa shape index (κ1) is 13.7. The molecule has 1 aliphatic rings. The van der Waals surface area contributed by atoms with Gasteiger partial charge >= 0.3 is 0 Å². The van der Waals surface area contributed by atoms with Crippen LogP contribution < -0.4 is 0 Å². The highest BCUT2D eigenvalue weighted by Gasteiger charge is 2.19. The normalized spacial score (nSPS) is 17.3. The van der Waals surface area contributed by atoms with Crippen molar-refractivity contribution >= 4 is 17.0 Å². The Morgan fingerprint density at radius 1 is 1.05 bits per heavy atom. The number of hydrogen-bond acceptors (Lipinski definition) is 7. The van der Waals surface area contributed by atoms with Gasteiger partial charge in [-0.2, -0.15) is 9.61 Å². The maximum absolute atomic E-state index is 4.32. The molecule has 0 spiro atoms. The van der Waals surface area contributed by atoms with Crippen LogP contribution in [0.1, 0.15) is 10.7 Å². The lowest BCUT2D eigenvalue weighted by Gasteiger charge is -2.33. The first-order valence-electron chi connectivity index (χ1n) is 7.36. The Hall–Kier alpha value is -1.90. The molecule has 1 fully saturated rings. The van der Waals surface area contributed by atoms with Crippen LogP contribution in [0.25, 0.3) is 5.65 Å². The third kappa shape index (κ3) is 2.85. The fourth-order valence-electron chi connectivity index (χ4n) is 2.73. The van der Waals surface area contributed by atoms with Gasteiger partial charge in [0.05, 0.1) is 12.1 Å². The van der Waals surface area contributed by atoms with Crippen molar-refractivity contribution in [1.82, 2.24) is 34.6 Å². The molecule has 3 aromatic heterocycles. The van der Waals surface area contributed by atoms with E-state index in [9.17, 15) is 0 Å². The average molecular weight is 315 g/mol. The highest BCUT2D eigenvalue weighted by Crippen LogP contribution is 2.13. The highest BCUT2D eigenvalue weighted by atomic mass is 32.1. The zero-order chi connectivity index (χ0) is 14.8. The van der Waals surface area contributed by atoms with Gasteiger partial charge in [-0.3, -0.25) is 14.8 Å². The predicted molar refractivity (Wildman–Crippen MR) is 83.5 cm³/mol. The molecular formula is C14H17N7S. The Balaban J connectivity index is 1.36. The van der Waals surface area contributed by atoms with Crippen LogP contribution in [0.5, 0.6) is 0 Å². The SMILES string of the molecule is c1cnn2c(CN3CCN(Cc4cncs4)CC3)nnc2c1. The van der Waals surface area contributed by atoms with Crippen molar-refractivity contribution < 1.29 is 0 Å². The van der Waals surface area contributed by atoms with Gasteiger partial charge in [0.2, 0.25) is 0 Å². The van der Waals surface area contributed by atoms with Crippen molar-refractivity contribution in [1.29, 1.82) is 0 Å². The van der Waals surface area contributed by atoms with Crippen molar-refractivity contribution in [2.75, 3.05) is 26.2 Å². The standard InChI is InChI=1S/C14H17N7S/c1-2-13-17-18-14(21(13)16-3-1)10-20-6-4-19(5-7-20)9-12-8-15-11-22-12/h1-3,8,11H,4-7,9-10H2. The first-order valence-corrected chi connectivity index (χ1v) is 8.24. The molecule has 0 amide bonds. The number of piperazine rings is 1. The van der Waals surface area contributed by atoms with Gasteiger partial charge in [0.1, 0.15) is 0 Å². The zero-order valence-electron chi connectivity index (χ0n) is 12.2. The Labute approximate surface area is 132 Å². The number of nitrogens with zero attached hydrogens (tertiary/aromatic N) is 7. The minimum atomic E-state index is 0.798. The molecule has 0 unspecified atom stereocenters. The smallest absolute Gasteiger partial charge is 0.177 e. The Morgan fingerprint density at radius 3 is 2.64 bits per heavy atom. The lowest BCUT2D eigenvalue weighted by Crippen LogP contribution is -2.45. The lowest BCUT2D eigenvalue weighted by molar-refractivity contribution is 0.120. The van der Waals surface area contributed by atoms with Crippen LogP contribution in [0.4, 0.5) is 0 Å². The lowest BCUT2D eigenvalue weighted by atomic mass is 10.3. The van der Waals surface area contributed by atoms with Crippen molar-refractivity contribution in [3.05, 3.63) is 40.7 Å². The molecule has 0 N–H and O–H groups in total. The number of fused-ring (bicyclic) bond motifs is 1. The molecule has 114 valence electrons. The monoisotopic (exact) mass is 315 g/mol.